The molecule has 1 aliphatic rings. The van der Waals surface area contributed by atoms with Gasteiger partial charge in [-0.2, -0.15) is 0 Å². The zero-order valence-corrected chi connectivity index (χ0v) is 30.8. The molecule has 48 heavy (non-hydrogen) atoms. The third-order valence-corrected chi connectivity index (χ3v) is 9.14. The van der Waals surface area contributed by atoms with Gasteiger partial charge < -0.3 is 43.0 Å². The van der Waals surface area contributed by atoms with Gasteiger partial charge in [-0.15, -0.1) is 0 Å². The van der Waals surface area contributed by atoms with Gasteiger partial charge in [-0.3, -0.25) is 0 Å². The van der Waals surface area contributed by atoms with Crippen molar-refractivity contribution in [2.45, 2.75) is 83.6 Å². The lowest BCUT2D eigenvalue weighted by atomic mass is 10.0. The summed E-state index contributed by atoms with van der Waals surface area (Å²) in [5, 5.41) is 11.1. The van der Waals surface area contributed by atoms with Gasteiger partial charge in [0, 0.05) is 27.2 Å². The van der Waals surface area contributed by atoms with Crippen molar-refractivity contribution in [3.8, 4) is 29.1 Å². The molecule has 1 heterocycles. The van der Waals surface area contributed by atoms with Crippen molar-refractivity contribution < 1.29 is 47.8 Å². The first-order chi connectivity index (χ1) is 22.7. The first kappa shape index (κ1) is 39.1. The minimum atomic E-state index is -1.41. The number of carbonyl (C=O) groups is 1. The van der Waals surface area contributed by atoms with E-state index in [1.165, 1.54) is 7.11 Å². The van der Waals surface area contributed by atoms with E-state index in [4.69, 9.17) is 37.9 Å². The highest BCUT2D eigenvalue weighted by atomic mass is 28.3. The van der Waals surface area contributed by atoms with E-state index >= 15 is 0 Å². The van der Waals surface area contributed by atoms with Crippen molar-refractivity contribution in [1.29, 1.82) is 0 Å². The molecule has 264 valence electrons. The second kappa shape index (κ2) is 18.4. The Morgan fingerprint density at radius 1 is 1.04 bits per heavy atom. The van der Waals surface area contributed by atoms with E-state index in [9.17, 15) is 9.90 Å². The fraction of sp³-hybridized carbons (Fsp3) is 0.541. The summed E-state index contributed by atoms with van der Waals surface area (Å²) >= 11 is 0. The molecule has 1 saturated heterocycles. The summed E-state index contributed by atoms with van der Waals surface area (Å²) in [6, 6.07) is 11.9. The Kier molecular flexibility index (Phi) is 15.0. The number of rotatable bonds is 17. The number of carbonyl (C=O) groups excluding carboxylic acids is 1. The summed E-state index contributed by atoms with van der Waals surface area (Å²) < 4.78 is 45.3. The number of hydrogen-bond donors (Lipinski definition) is 1. The van der Waals surface area contributed by atoms with Crippen molar-refractivity contribution in [1.82, 2.24) is 0 Å². The molecular weight excluding hydrogens is 632 g/mol. The van der Waals surface area contributed by atoms with Gasteiger partial charge in [0.05, 0.1) is 40.1 Å². The zero-order valence-electron chi connectivity index (χ0n) is 29.8. The molecule has 4 atom stereocenters. The minimum absolute atomic E-state index is 0.0537. The Morgan fingerprint density at radius 2 is 1.75 bits per heavy atom. The molecule has 10 nitrogen and oxygen atoms in total. The summed E-state index contributed by atoms with van der Waals surface area (Å²) in [6.45, 7) is 13.3. The SMILES string of the molecule is COCOc1cc(OC)cc(/C=C/C[C@H]2OC(C)(C)O[C@@H]2C(O)C#C[C@@H](C)COCc2ccc(OC)cc2)c1C(=O)OCC[Si](C)(C)C. The Labute approximate surface area is 286 Å². The second-order valence-corrected chi connectivity index (χ2v) is 19.0. The van der Waals surface area contributed by atoms with Crippen molar-refractivity contribution >= 4 is 20.1 Å². The van der Waals surface area contributed by atoms with Crippen LogP contribution in [0.15, 0.2) is 42.5 Å². The number of benzene rings is 2. The lowest BCUT2D eigenvalue weighted by Gasteiger charge is -2.18. The molecule has 0 spiro atoms. The van der Waals surface area contributed by atoms with E-state index in [2.05, 4.69) is 31.5 Å². The number of ether oxygens (including phenoxy) is 8. The summed E-state index contributed by atoms with van der Waals surface area (Å²) in [5.41, 5.74) is 1.86. The van der Waals surface area contributed by atoms with Gasteiger partial charge in [0.15, 0.2) is 12.6 Å². The normalized spacial score (nSPS) is 18.5. The fourth-order valence-corrected chi connectivity index (χ4v) is 5.62. The molecule has 11 heteroatoms. The van der Waals surface area contributed by atoms with Gasteiger partial charge >= 0.3 is 5.97 Å². The molecule has 2 aromatic rings. The van der Waals surface area contributed by atoms with Crippen LogP contribution >= 0.6 is 0 Å². The largest absolute Gasteiger partial charge is 0.497 e. The highest BCUT2D eigenvalue weighted by molar-refractivity contribution is 6.76. The van der Waals surface area contributed by atoms with E-state index in [1.54, 1.807) is 46.3 Å². The summed E-state index contributed by atoms with van der Waals surface area (Å²) in [4.78, 5) is 13.4. The maximum atomic E-state index is 13.4. The first-order valence-electron chi connectivity index (χ1n) is 16.2. The Balaban J connectivity index is 1.71. The maximum Gasteiger partial charge on any atom is 0.342 e. The van der Waals surface area contributed by atoms with Gasteiger partial charge in [-0.1, -0.05) is 55.8 Å². The van der Waals surface area contributed by atoms with Gasteiger partial charge in [-0.25, -0.2) is 4.79 Å². The van der Waals surface area contributed by atoms with Crippen LogP contribution in [0.4, 0.5) is 0 Å². The van der Waals surface area contributed by atoms with E-state index in [1.807, 2.05) is 37.3 Å². The average Bonchev–Trinajstić information content (AvgIpc) is 3.35. The van der Waals surface area contributed by atoms with Crippen molar-refractivity contribution in [3.05, 3.63) is 59.2 Å². The van der Waals surface area contributed by atoms with Gasteiger partial charge in [0.25, 0.3) is 0 Å². The maximum absolute atomic E-state index is 13.4. The predicted octanol–water partition coefficient (Wildman–Crippen LogP) is 6.32. The molecule has 0 amide bonds. The molecule has 1 aliphatic heterocycles. The van der Waals surface area contributed by atoms with Crippen LogP contribution < -0.4 is 14.2 Å². The van der Waals surface area contributed by atoms with Crippen LogP contribution in [0.1, 0.15) is 48.7 Å². The van der Waals surface area contributed by atoms with Crippen LogP contribution in [0.25, 0.3) is 6.08 Å². The monoisotopic (exact) mass is 684 g/mol. The summed E-state index contributed by atoms with van der Waals surface area (Å²) in [6.07, 6.45) is 1.76. The quantitative estimate of drug-likeness (QED) is 0.0880. The molecular formula is C37H52O10Si. The minimum Gasteiger partial charge on any atom is -0.497 e. The lowest BCUT2D eigenvalue weighted by molar-refractivity contribution is -0.151. The second-order valence-electron chi connectivity index (χ2n) is 13.4. The topological polar surface area (TPSA) is 111 Å². The molecule has 0 aromatic heterocycles. The van der Waals surface area contributed by atoms with Crippen LogP contribution in [-0.2, 0) is 30.3 Å². The van der Waals surface area contributed by atoms with Crippen molar-refractivity contribution in [3.63, 3.8) is 0 Å². The van der Waals surface area contributed by atoms with Crippen molar-refractivity contribution in [2.75, 3.05) is 41.3 Å². The molecule has 0 bridgehead atoms. The summed E-state index contributed by atoms with van der Waals surface area (Å²) in [7, 11) is 3.27. The van der Waals surface area contributed by atoms with Gasteiger partial charge in [0.2, 0.25) is 0 Å². The molecule has 0 aliphatic carbocycles. The highest BCUT2D eigenvalue weighted by Gasteiger charge is 2.43. The van der Waals surface area contributed by atoms with Crippen molar-refractivity contribution in [2.24, 2.45) is 5.92 Å². The van der Waals surface area contributed by atoms with Crippen LogP contribution in [0.5, 0.6) is 17.2 Å². The Bertz CT molecular complexity index is 1400. The number of methoxy groups -OCH3 is 3. The number of hydrogen-bond acceptors (Lipinski definition) is 10. The number of esters is 1. The van der Waals surface area contributed by atoms with Crippen LogP contribution in [0.3, 0.4) is 0 Å². The third-order valence-electron chi connectivity index (χ3n) is 7.44. The van der Waals surface area contributed by atoms with Gasteiger partial charge in [-0.05, 0) is 62.6 Å². The smallest absolute Gasteiger partial charge is 0.342 e. The highest BCUT2D eigenvalue weighted by Crippen LogP contribution is 2.34. The average molecular weight is 685 g/mol. The fourth-order valence-electron chi connectivity index (χ4n) is 4.91. The predicted molar refractivity (Wildman–Crippen MR) is 187 cm³/mol. The molecule has 1 N–H and O–H groups in total. The molecule has 1 unspecified atom stereocenters. The number of aliphatic hydroxyl groups excluding tert-OH is 1. The van der Waals surface area contributed by atoms with Crippen LogP contribution in [0.2, 0.25) is 25.7 Å². The molecule has 0 radical (unpaired) electrons. The Morgan fingerprint density at radius 3 is 2.40 bits per heavy atom. The van der Waals surface area contributed by atoms with Crippen LogP contribution in [0, 0.1) is 17.8 Å². The van der Waals surface area contributed by atoms with E-state index in [-0.39, 0.29) is 18.3 Å². The first-order valence-corrected chi connectivity index (χ1v) is 19.9. The molecule has 3 rings (SSSR count). The molecule has 2 aromatic carbocycles. The van der Waals surface area contributed by atoms with Gasteiger partial charge in [0.1, 0.15) is 35.0 Å². The van der Waals surface area contributed by atoms with E-state index < -0.39 is 38.1 Å². The van der Waals surface area contributed by atoms with E-state index in [0.717, 1.165) is 17.4 Å². The molecule has 0 saturated carbocycles. The van der Waals surface area contributed by atoms with Crippen LogP contribution in [-0.4, -0.2) is 84.6 Å². The molecule has 1 fully saturated rings. The Hall–Kier alpha value is -3.37. The zero-order chi connectivity index (χ0) is 35.3. The third kappa shape index (κ3) is 12.6. The lowest BCUT2D eigenvalue weighted by Crippen LogP contribution is -2.34. The van der Waals surface area contributed by atoms with E-state index in [0.29, 0.717) is 43.3 Å². The summed E-state index contributed by atoms with van der Waals surface area (Å²) in [5.74, 6) is 6.10. The standard InChI is InChI=1S/C37H52O10Si/c1-26(23-43-24-27-14-16-29(41-5)17-15-27)13-18-31(38)35-32(46-37(2,3)47-35)12-10-11-28-21-30(42-6)22-33(45-25-40-4)34(28)36(39)44-19-20-48(7,8)9/h10-11,14-17,21-22,26,31-32,35,38H,12,19-20,23-25H2,1-9H3/b11-10+/t26-,31?,32-,35-/m1/s1. The number of aliphatic hydroxyl groups is 1.